The molecule has 0 atom stereocenters. The average molecular weight is 256 g/mol. The van der Waals surface area contributed by atoms with Crippen molar-refractivity contribution in [3.63, 3.8) is 0 Å². The Bertz CT molecular complexity index is 514. The SMILES string of the molecule is Fc1cccc(-c2cnc(CCl)c(Cl)c2)c1. The Morgan fingerprint density at radius 3 is 2.62 bits per heavy atom. The summed E-state index contributed by atoms with van der Waals surface area (Å²) in [6.45, 7) is 0. The number of halogens is 3. The highest BCUT2D eigenvalue weighted by atomic mass is 35.5. The molecule has 16 heavy (non-hydrogen) atoms. The van der Waals surface area contributed by atoms with Crippen LogP contribution in [0.4, 0.5) is 4.39 Å². The lowest BCUT2D eigenvalue weighted by Crippen LogP contribution is -1.88. The van der Waals surface area contributed by atoms with Gasteiger partial charge in [0.25, 0.3) is 0 Å². The Hall–Kier alpha value is -1.12. The van der Waals surface area contributed by atoms with Crippen LogP contribution in [0.15, 0.2) is 36.5 Å². The molecule has 0 amide bonds. The van der Waals surface area contributed by atoms with Crippen molar-refractivity contribution in [1.29, 1.82) is 0 Å². The fourth-order valence-corrected chi connectivity index (χ4v) is 1.91. The number of benzene rings is 1. The van der Waals surface area contributed by atoms with Crippen LogP contribution in [0.1, 0.15) is 5.69 Å². The first-order valence-electron chi connectivity index (χ1n) is 4.67. The van der Waals surface area contributed by atoms with Gasteiger partial charge < -0.3 is 0 Å². The molecular weight excluding hydrogens is 248 g/mol. The lowest BCUT2D eigenvalue weighted by atomic mass is 10.1. The van der Waals surface area contributed by atoms with Crippen LogP contribution in [0.5, 0.6) is 0 Å². The van der Waals surface area contributed by atoms with Crippen molar-refractivity contribution in [3.05, 3.63) is 53.1 Å². The van der Waals surface area contributed by atoms with E-state index in [1.807, 2.05) is 0 Å². The molecule has 1 aromatic carbocycles. The molecule has 1 nitrogen and oxygen atoms in total. The minimum Gasteiger partial charge on any atom is -0.258 e. The van der Waals surface area contributed by atoms with Crippen LogP contribution in [0.3, 0.4) is 0 Å². The fraction of sp³-hybridized carbons (Fsp3) is 0.0833. The molecule has 0 aliphatic rings. The minimum atomic E-state index is -0.282. The van der Waals surface area contributed by atoms with Gasteiger partial charge in [0.2, 0.25) is 0 Å². The molecule has 0 spiro atoms. The summed E-state index contributed by atoms with van der Waals surface area (Å²) >= 11 is 11.6. The van der Waals surface area contributed by atoms with E-state index in [9.17, 15) is 4.39 Å². The first-order valence-corrected chi connectivity index (χ1v) is 5.58. The third-order valence-corrected chi connectivity index (χ3v) is 2.78. The molecule has 0 radical (unpaired) electrons. The second-order valence-corrected chi connectivity index (χ2v) is 3.97. The Kier molecular flexibility index (Phi) is 3.42. The normalized spacial score (nSPS) is 10.4. The molecule has 1 heterocycles. The molecular formula is C12H8Cl2FN. The van der Waals surface area contributed by atoms with E-state index in [4.69, 9.17) is 23.2 Å². The van der Waals surface area contributed by atoms with E-state index in [-0.39, 0.29) is 11.7 Å². The lowest BCUT2D eigenvalue weighted by Gasteiger charge is -2.04. The fourth-order valence-electron chi connectivity index (χ4n) is 1.39. The predicted octanol–water partition coefficient (Wildman–Crippen LogP) is 4.28. The Morgan fingerprint density at radius 1 is 1.19 bits per heavy atom. The van der Waals surface area contributed by atoms with E-state index in [1.54, 1.807) is 24.4 Å². The highest BCUT2D eigenvalue weighted by Gasteiger charge is 2.04. The molecule has 82 valence electrons. The van der Waals surface area contributed by atoms with E-state index < -0.39 is 0 Å². The van der Waals surface area contributed by atoms with Gasteiger partial charge in [0, 0.05) is 11.8 Å². The van der Waals surface area contributed by atoms with Gasteiger partial charge in [-0.25, -0.2) is 4.39 Å². The maximum absolute atomic E-state index is 13.0. The van der Waals surface area contributed by atoms with Gasteiger partial charge in [-0.15, -0.1) is 11.6 Å². The van der Waals surface area contributed by atoms with E-state index in [0.717, 1.165) is 11.1 Å². The quantitative estimate of drug-likeness (QED) is 0.731. The highest BCUT2D eigenvalue weighted by molar-refractivity contribution is 6.32. The molecule has 0 saturated carbocycles. The highest BCUT2D eigenvalue weighted by Crippen LogP contribution is 2.25. The second kappa shape index (κ2) is 4.81. The third kappa shape index (κ3) is 2.34. The molecule has 0 saturated heterocycles. The second-order valence-electron chi connectivity index (χ2n) is 3.30. The van der Waals surface area contributed by atoms with Crippen molar-refractivity contribution in [2.45, 2.75) is 5.88 Å². The number of pyridine rings is 1. The number of nitrogens with zero attached hydrogens (tertiary/aromatic N) is 1. The summed E-state index contributed by atoms with van der Waals surface area (Å²) in [5, 5.41) is 0.497. The van der Waals surface area contributed by atoms with Crippen molar-refractivity contribution in [1.82, 2.24) is 4.98 Å². The van der Waals surface area contributed by atoms with Gasteiger partial charge in [-0.3, -0.25) is 4.98 Å². The van der Waals surface area contributed by atoms with Crippen LogP contribution in [0, 0.1) is 5.82 Å². The standard InChI is InChI=1S/C12H8Cl2FN/c13-6-12-11(14)5-9(7-16-12)8-2-1-3-10(15)4-8/h1-5,7H,6H2. The van der Waals surface area contributed by atoms with E-state index in [1.165, 1.54) is 12.1 Å². The van der Waals surface area contributed by atoms with Crippen LogP contribution in [0.25, 0.3) is 11.1 Å². The first-order chi connectivity index (χ1) is 7.70. The number of rotatable bonds is 2. The van der Waals surface area contributed by atoms with Gasteiger partial charge in [-0.2, -0.15) is 0 Å². The zero-order chi connectivity index (χ0) is 11.5. The zero-order valence-electron chi connectivity index (χ0n) is 8.25. The Morgan fingerprint density at radius 2 is 2.00 bits per heavy atom. The molecule has 1 aromatic heterocycles. The predicted molar refractivity (Wildman–Crippen MR) is 64.2 cm³/mol. The van der Waals surface area contributed by atoms with Crippen LogP contribution in [-0.2, 0) is 5.88 Å². The first kappa shape index (κ1) is 11.4. The third-order valence-electron chi connectivity index (χ3n) is 2.20. The van der Waals surface area contributed by atoms with E-state index >= 15 is 0 Å². The molecule has 0 aliphatic carbocycles. The van der Waals surface area contributed by atoms with Crippen LogP contribution < -0.4 is 0 Å². The summed E-state index contributed by atoms with van der Waals surface area (Å²) < 4.78 is 13.0. The molecule has 0 unspecified atom stereocenters. The van der Waals surface area contributed by atoms with Gasteiger partial charge >= 0.3 is 0 Å². The van der Waals surface area contributed by atoms with E-state index in [2.05, 4.69) is 4.98 Å². The minimum absolute atomic E-state index is 0.266. The van der Waals surface area contributed by atoms with Crippen molar-refractivity contribution in [3.8, 4) is 11.1 Å². The summed E-state index contributed by atoms with van der Waals surface area (Å²) in [5.74, 6) is -0.0162. The number of hydrogen-bond acceptors (Lipinski definition) is 1. The average Bonchev–Trinajstić information content (AvgIpc) is 2.29. The molecule has 0 aliphatic heterocycles. The summed E-state index contributed by atoms with van der Waals surface area (Å²) in [6, 6.07) is 8.02. The van der Waals surface area contributed by atoms with Gasteiger partial charge in [0.05, 0.1) is 16.6 Å². The molecule has 4 heteroatoms. The Balaban J connectivity index is 2.45. The van der Waals surface area contributed by atoms with Gasteiger partial charge in [0.15, 0.2) is 0 Å². The van der Waals surface area contributed by atoms with Gasteiger partial charge in [-0.05, 0) is 23.8 Å². The number of aromatic nitrogens is 1. The topological polar surface area (TPSA) is 12.9 Å². The summed E-state index contributed by atoms with van der Waals surface area (Å²) in [5.41, 5.74) is 2.15. The maximum Gasteiger partial charge on any atom is 0.123 e. The molecule has 0 N–H and O–H groups in total. The van der Waals surface area contributed by atoms with Crippen LogP contribution in [0.2, 0.25) is 5.02 Å². The molecule has 2 rings (SSSR count). The monoisotopic (exact) mass is 255 g/mol. The summed E-state index contributed by atoms with van der Waals surface area (Å²) in [6.07, 6.45) is 1.64. The van der Waals surface area contributed by atoms with Crippen LogP contribution in [-0.4, -0.2) is 4.98 Å². The van der Waals surface area contributed by atoms with Crippen LogP contribution >= 0.6 is 23.2 Å². The van der Waals surface area contributed by atoms with Crippen molar-refractivity contribution in [2.24, 2.45) is 0 Å². The number of alkyl halides is 1. The van der Waals surface area contributed by atoms with Gasteiger partial charge in [-0.1, -0.05) is 23.7 Å². The van der Waals surface area contributed by atoms with Crippen molar-refractivity contribution >= 4 is 23.2 Å². The summed E-state index contributed by atoms with van der Waals surface area (Å²) in [4.78, 5) is 4.12. The Labute approximate surface area is 103 Å². The number of hydrogen-bond donors (Lipinski definition) is 0. The zero-order valence-corrected chi connectivity index (χ0v) is 9.76. The maximum atomic E-state index is 13.0. The molecule has 0 fully saturated rings. The van der Waals surface area contributed by atoms with E-state index in [0.29, 0.717) is 10.7 Å². The van der Waals surface area contributed by atoms with Crippen molar-refractivity contribution < 1.29 is 4.39 Å². The lowest BCUT2D eigenvalue weighted by molar-refractivity contribution is 0.628. The van der Waals surface area contributed by atoms with Gasteiger partial charge in [0.1, 0.15) is 5.82 Å². The molecule has 0 bridgehead atoms. The molecule has 2 aromatic rings. The van der Waals surface area contributed by atoms with Crippen molar-refractivity contribution in [2.75, 3.05) is 0 Å². The smallest absolute Gasteiger partial charge is 0.123 e. The largest absolute Gasteiger partial charge is 0.258 e. The summed E-state index contributed by atoms with van der Waals surface area (Å²) in [7, 11) is 0.